The Kier molecular flexibility index (Phi) is 2.91. The molecule has 33 heavy (non-hydrogen) atoms. The third-order valence-corrected chi connectivity index (χ3v) is 9.16. The van der Waals surface area contributed by atoms with Crippen LogP contribution in [0.2, 0.25) is 0 Å². The van der Waals surface area contributed by atoms with Crippen LogP contribution >= 0.6 is 0 Å². The second kappa shape index (κ2) is 5.28. The van der Waals surface area contributed by atoms with Gasteiger partial charge in [0, 0.05) is 32.8 Å². The monoisotopic (exact) mass is 423 g/mol. The standard InChI is InChI=1S/C31H26BN/c1-17-13-15-21-27-25(17)31(4,5)20-10-8-12-24-26(20)32(27)28-22(30(21,2)3)16-14-19-18-9-6-7-11-23(18)33(24)29(19)28/h6-16H,1-5H3. The van der Waals surface area contributed by atoms with Crippen molar-refractivity contribution < 1.29 is 0 Å². The van der Waals surface area contributed by atoms with Gasteiger partial charge in [-0.3, -0.25) is 0 Å². The van der Waals surface area contributed by atoms with Crippen molar-refractivity contribution in [2.24, 2.45) is 0 Å². The molecule has 0 radical (unpaired) electrons. The molecule has 0 fully saturated rings. The van der Waals surface area contributed by atoms with Crippen LogP contribution < -0.4 is 16.4 Å². The number of benzene rings is 4. The first-order valence-corrected chi connectivity index (χ1v) is 12.2. The molecule has 0 N–H and O–H groups in total. The van der Waals surface area contributed by atoms with E-state index >= 15 is 0 Å². The maximum atomic E-state index is 2.58. The number of rotatable bonds is 0. The molecule has 1 nitrogen and oxygen atoms in total. The summed E-state index contributed by atoms with van der Waals surface area (Å²) in [4.78, 5) is 0. The predicted octanol–water partition coefficient (Wildman–Crippen LogP) is 5.20. The molecule has 4 aromatic carbocycles. The summed E-state index contributed by atoms with van der Waals surface area (Å²) in [6.07, 6.45) is 0. The maximum absolute atomic E-state index is 2.58. The van der Waals surface area contributed by atoms with Gasteiger partial charge in [0.1, 0.15) is 0 Å². The topological polar surface area (TPSA) is 4.93 Å². The van der Waals surface area contributed by atoms with E-state index in [0.717, 1.165) is 0 Å². The molecule has 158 valence electrons. The summed E-state index contributed by atoms with van der Waals surface area (Å²) in [5.74, 6) is 0. The molecule has 0 amide bonds. The summed E-state index contributed by atoms with van der Waals surface area (Å²) in [7, 11) is 0. The number of fused-ring (bicyclic) bond motifs is 4. The van der Waals surface area contributed by atoms with Gasteiger partial charge in [0.2, 0.25) is 6.71 Å². The second-order valence-corrected chi connectivity index (χ2v) is 11.4. The number of hydrogen-bond donors (Lipinski definition) is 0. The van der Waals surface area contributed by atoms with Crippen LogP contribution in [0.15, 0.2) is 66.7 Å². The first kappa shape index (κ1) is 18.2. The number of para-hydroxylation sites is 1. The van der Waals surface area contributed by atoms with Crippen LogP contribution in [-0.4, -0.2) is 11.3 Å². The average molecular weight is 423 g/mol. The van der Waals surface area contributed by atoms with Crippen molar-refractivity contribution in [2.75, 3.05) is 0 Å². The Balaban J connectivity index is 1.73. The van der Waals surface area contributed by atoms with Crippen LogP contribution in [0.25, 0.3) is 27.5 Å². The van der Waals surface area contributed by atoms with Crippen LogP contribution in [0.5, 0.6) is 0 Å². The SMILES string of the molecule is Cc1ccc2c3c1C(C)(C)c1cccc4c1B3c1c(ccc3c5ccccc5n-4c13)C2(C)C. The molecule has 2 heteroatoms. The molecule has 8 rings (SSSR count). The highest BCUT2D eigenvalue weighted by molar-refractivity contribution is 7.00. The molecule has 0 saturated carbocycles. The van der Waals surface area contributed by atoms with Crippen LogP contribution in [-0.2, 0) is 10.8 Å². The van der Waals surface area contributed by atoms with Gasteiger partial charge in [-0.2, -0.15) is 0 Å². The van der Waals surface area contributed by atoms with E-state index in [2.05, 4.69) is 106 Å². The number of aromatic nitrogens is 1. The number of nitrogens with zero attached hydrogens (tertiary/aromatic N) is 1. The largest absolute Gasteiger partial charge is 0.310 e. The highest BCUT2D eigenvalue weighted by atomic mass is 15.0. The van der Waals surface area contributed by atoms with Crippen molar-refractivity contribution in [2.45, 2.75) is 45.4 Å². The third-order valence-electron chi connectivity index (χ3n) is 9.16. The third kappa shape index (κ3) is 1.77. The van der Waals surface area contributed by atoms with Gasteiger partial charge in [-0.1, -0.05) is 87.8 Å². The Hall–Kier alpha value is -3.26. The summed E-state index contributed by atoms with van der Waals surface area (Å²) in [5, 5.41) is 2.75. The van der Waals surface area contributed by atoms with E-state index in [1.807, 2.05) is 0 Å². The minimum atomic E-state index is -0.0288. The highest BCUT2D eigenvalue weighted by Crippen LogP contribution is 2.46. The van der Waals surface area contributed by atoms with Crippen molar-refractivity contribution in [3.05, 3.63) is 94.5 Å². The second-order valence-electron chi connectivity index (χ2n) is 11.4. The molecule has 4 heterocycles. The van der Waals surface area contributed by atoms with Gasteiger partial charge in [0.15, 0.2) is 0 Å². The molecule has 5 aromatic rings. The van der Waals surface area contributed by atoms with Gasteiger partial charge in [0.05, 0.1) is 5.52 Å². The van der Waals surface area contributed by atoms with Crippen molar-refractivity contribution >= 4 is 44.9 Å². The Morgan fingerprint density at radius 3 is 2.21 bits per heavy atom. The zero-order chi connectivity index (χ0) is 22.4. The lowest BCUT2D eigenvalue weighted by Crippen LogP contribution is -2.68. The van der Waals surface area contributed by atoms with Crippen molar-refractivity contribution in [1.29, 1.82) is 0 Å². The molecule has 3 aliphatic heterocycles. The summed E-state index contributed by atoms with van der Waals surface area (Å²) < 4.78 is 2.58. The highest BCUT2D eigenvalue weighted by Gasteiger charge is 2.52. The van der Waals surface area contributed by atoms with E-state index in [4.69, 9.17) is 0 Å². The molecule has 3 aliphatic rings. The molecule has 0 spiro atoms. The van der Waals surface area contributed by atoms with Gasteiger partial charge >= 0.3 is 0 Å². The zero-order valence-corrected chi connectivity index (χ0v) is 19.9. The minimum absolute atomic E-state index is 0.0286. The lowest BCUT2D eigenvalue weighted by atomic mass is 9.26. The first-order valence-electron chi connectivity index (χ1n) is 12.2. The summed E-state index contributed by atoms with van der Waals surface area (Å²) >= 11 is 0. The van der Waals surface area contributed by atoms with E-state index < -0.39 is 0 Å². The molecular weight excluding hydrogens is 397 g/mol. The predicted molar refractivity (Wildman–Crippen MR) is 141 cm³/mol. The van der Waals surface area contributed by atoms with Crippen LogP contribution in [0.4, 0.5) is 0 Å². The van der Waals surface area contributed by atoms with E-state index in [-0.39, 0.29) is 10.8 Å². The Bertz CT molecular complexity index is 1730. The van der Waals surface area contributed by atoms with Gasteiger partial charge in [-0.25, -0.2) is 0 Å². The molecule has 0 saturated heterocycles. The molecule has 0 unspecified atom stereocenters. The Morgan fingerprint density at radius 2 is 1.36 bits per heavy atom. The average Bonchev–Trinajstić information content (AvgIpc) is 3.13. The smallest absolute Gasteiger partial charge is 0.248 e. The molecule has 0 bridgehead atoms. The fraction of sp³-hybridized carbons (Fsp3) is 0.226. The minimum Gasteiger partial charge on any atom is -0.310 e. The van der Waals surface area contributed by atoms with E-state index in [1.165, 1.54) is 55.2 Å². The normalized spacial score (nSPS) is 17.7. The van der Waals surface area contributed by atoms with E-state index in [0.29, 0.717) is 6.71 Å². The lowest BCUT2D eigenvalue weighted by molar-refractivity contribution is 0.618. The number of hydrogen-bond acceptors (Lipinski definition) is 0. The number of aryl methyl sites for hydroxylation is 1. The van der Waals surface area contributed by atoms with Gasteiger partial charge < -0.3 is 4.57 Å². The van der Waals surface area contributed by atoms with E-state index in [1.54, 1.807) is 16.5 Å². The molecule has 0 atom stereocenters. The van der Waals surface area contributed by atoms with Crippen molar-refractivity contribution in [3.63, 3.8) is 0 Å². The lowest BCUT2D eigenvalue weighted by Gasteiger charge is -2.49. The van der Waals surface area contributed by atoms with Crippen LogP contribution in [0.3, 0.4) is 0 Å². The summed E-state index contributed by atoms with van der Waals surface area (Å²) in [6.45, 7) is 12.4. The van der Waals surface area contributed by atoms with Crippen molar-refractivity contribution in [3.8, 4) is 5.69 Å². The molecule has 0 aliphatic carbocycles. The van der Waals surface area contributed by atoms with Gasteiger partial charge in [0.25, 0.3) is 0 Å². The van der Waals surface area contributed by atoms with Crippen LogP contribution in [0.1, 0.15) is 55.5 Å². The maximum Gasteiger partial charge on any atom is 0.248 e. The van der Waals surface area contributed by atoms with Crippen molar-refractivity contribution in [1.82, 2.24) is 4.57 Å². The Labute approximate surface area is 195 Å². The fourth-order valence-electron chi connectivity index (χ4n) is 7.88. The first-order chi connectivity index (χ1) is 15.8. The fourth-order valence-corrected chi connectivity index (χ4v) is 7.88. The summed E-state index contributed by atoms with van der Waals surface area (Å²) in [5.41, 5.74) is 16.2. The molecule has 1 aromatic heterocycles. The summed E-state index contributed by atoms with van der Waals surface area (Å²) in [6, 6.07) is 25.6. The Morgan fingerprint density at radius 1 is 0.636 bits per heavy atom. The molecular formula is C31H26BN. The van der Waals surface area contributed by atoms with Gasteiger partial charge in [-0.15, -0.1) is 0 Å². The van der Waals surface area contributed by atoms with Gasteiger partial charge in [-0.05, 0) is 57.8 Å². The van der Waals surface area contributed by atoms with E-state index in [9.17, 15) is 0 Å². The quantitative estimate of drug-likeness (QED) is 0.296. The zero-order valence-electron chi connectivity index (χ0n) is 19.9. The van der Waals surface area contributed by atoms with Crippen LogP contribution in [0, 0.1) is 6.92 Å².